The van der Waals surface area contributed by atoms with Crippen molar-refractivity contribution >= 4 is 33.4 Å². The lowest BCUT2D eigenvalue weighted by Gasteiger charge is -2.12. The number of nitrogens with two attached hydrogens (primary N) is 2. The highest BCUT2D eigenvalue weighted by Crippen LogP contribution is 2.37. The van der Waals surface area contributed by atoms with Crippen LogP contribution in [0.15, 0.2) is 73.1 Å². The van der Waals surface area contributed by atoms with Crippen LogP contribution in [0.3, 0.4) is 0 Å². The third-order valence-electron chi connectivity index (χ3n) is 5.01. The molecule has 0 spiro atoms. The molecular formula is C23H17N5O2. The Morgan fingerprint density at radius 2 is 1.80 bits per heavy atom. The number of hydrogen-bond acceptors (Lipinski definition) is 5. The van der Waals surface area contributed by atoms with Crippen molar-refractivity contribution < 1.29 is 9.53 Å². The van der Waals surface area contributed by atoms with Crippen LogP contribution in [0.4, 0.5) is 5.69 Å². The average Bonchev–Trinajstić information content (AvgIpc) is 3.23. The van der Waals surface area contributed by atoms with Gasteiger partial charge in [0.1, 0.15) is 11.5 Å². The largest absolute Gasteiger partial charge is 0.457 e. The molecule has 0 fully saturated rings. The highest BCUT2D eigenvalue weighted by atomic mass is 16.5. The summed E-state index contributed by atoms with van der Waals surface area (Å²) in [6.45, 7) is 0. The number of carbonyl (C=O) groups excluding carboxylic acids is 1. The number of benzene rings is 3. The number of nitrogens with zero attached hydrogens (tertiary/aromatic N) is 2. The number of ether oxygens (including phenoxy) is 1. The van der Waals surface area contributed by atoms with Crippen molar-refractivity contribution in [1.29, 1.82) is 0 Å². The van der Waals surface area contributed by atoms with E-state index in [4.69, 9.17) is 16.2 Å². The summed E-state index contributed by atoms with van der Waals surface area (Å²) in [5, 5.41) is 8.69. The lowest BCUT2D eigenvalue weighted by molar-refractivity contribution is 0.100. The minimum Gasteiger partial charge on any atom is -0.457 e. The lowest BCUT2D eigenvalue weighted by Crippen LogP contribution is -2.14. The van der Waals surface area contributed by atoms with Gasteiger partial charge in [0.2, 0.25) is 0 Å². The van der Waals surface area contributed by atoms with E-state index in [-0.39, 0.29) is 5.56 Å². The van der Waals surface area contributed by atoms with Crippen molar-refractivity contribution in [2.45, 2.75) is 0 Å². The molecule has 0 saturated heterocycles. The van der Waals surface area contributed by atoms with Crippen molar-refractivity contribution in [1.82, 2.24) is 15.2 Å². The molecule has 0 aliphatic heterocycles. The van der Waals surface area contributed by atoms with Gasteiger partial charge in [0.05, 0.1) is 33.9 Å². The minimum atomic E-state index is -0.607. The molecule has 7 nitrogen and oxygen atoms in total. The first kappa shape index (κ1) is 17.7. The Balaban J connectivity index is 1.71. The van der Waals surface area contributed by atoms with Crippen LogP contribution < -0.4 is 16.2 Å². The standard InChI is InChI=1S/C23H17N5O2/c24-21-16-8-4-7-15(22(16)26-11-18(21)23(25)29)13-9-19-17(12-27-28-19)20(10-13)30-14-5-2-1-3-6-14/h1-12H,(H2,24,26)(H2,25,29)(H,27,28). The van der Waals surface area contributed by atoms with Gasteiger partial charge in [-0.15, -0.1) is 0 Å². The molecule has 0 saturated carbocycles. The Bertz CT molecular complexity index is 1410. The van der Waals surface area contributed by atoms with E-state index in [1.807, 2.05) is 60.7 Å². The molecule has 2 aromatic heterocycles. The van der Waals surface area contributed by atoms with E-state index < -0.39 is 5.91 Å². The number of anilines is 1. The maximum absolute atomic E-state index is 11.6. The van der Waals surface area contributed by atoms with Gasteiger partial charge in [-0.1, -0.05) is 36.4 Å². The summed E-state index contributed by atoms with van der Waals surface area (Å²) in [6, 6.07) is 19.1. The molecule has 2 heterocycles. The molecule has 5 rings (SSSR count). The molecule has 0 aliphatic rings. The number of fused-ring (bicyclic) bond motifs is 2. The Kier molecular flexibility index (Phi) is 4.07. The fourth-order valence-electron chi connectivity index (χ4n) is 3.55. The van der Waals surface area contributed by atoms with Crippen molar-refractivity contribution in [3.63, 3.8) is 0 Å². The number of primary amides is 1. The molecule has 5 N–H and O–H groups in total. The fourth-order valence-corrected chi connectivity index (χ4v) is 3.55. The normalized spacial score (nSPS) is 11.1. The second kappa shape index (κ2) is 6.89. The minimum absolute atomic E-state index is 0.205. The maximum Gasteiger partial charge on any atom is 0.252 e. The average molecular weight is 395 g/mol. The van der Waals surface area contributed by atoms with Crippen molar-refractivity contribution in [3.05, 3.63) is 78.6 Å². The van der Waals surface area contributed by atoms with Crippen LogP contribution in [-0.2, 0) is 0 Å². The number of H-pyrrole nitrogens is 1. The van der Waals surface area contributed by atoms with Crippen molar-refractivity contribution in [2.24, 2.45) is 5.73 Å². The van der Waals surface area contributed by atoms with Gasteiger partial charge < -0.3 is 16.2 Å². The first-order chi connectivity index (χ1) is 14.6. The molecular weight excluding hydrogens is 378 g/mol. The number of pyridine rings is 1. The monoisotopic (exact) mass is 395 g/mol. The molecule has 30 heavy (non-hydrogen) atoms. The van der Waals surface area contributed by atoms with Gasteiger partial charge in [-0.2, -0.15) is 5.10 Å². The highest BCUT2D eigenvalue weighted by molar-refractivity contribution is 6.09. The van der Waals surface area contributed by atoms with E-state index in [1.54, 1.807) is 6.20 Å². The maximum atomic E-state index is 11.6. The van der Waals surface area contributed by atoms with Crippen molar-refractivity contribution in [2.75, 3.05) is 5.73 Å². The summed E-state index contributed by atoms with van der Waals surface area (Å²) < 4.78 is 6.13. The Hall–Kier alpha value is -4.39. The van der Waals surface area contributed by atoms with Crippen LogP contribution >= 0.6 is 0 Å². The van der Waals surface area contributed by atoms with Crippen LogP contribution in [0, 0.1) is 0 Å². The lowest BCUT2D eigenvalue weighted by atomic mass is 9.99. The van der Waals surface area contributed by atoms with Gasteiger partial charge >= 0.3 is 0 Å². The highest BCUT2D eigenvalue weighted by Gasteiger charge is 2.15. The molecule has 0 atom stereocenters. The smallest absolute Gasteiger partial charge is 0.252 e. The Morgan fingerprint density at radius 1 is 0.967 bits per heavy atom. The predicted molar refractivity (Wildman–Crippen MR) is 116 cm³/mol. The number of aromatic amines is 1. The molecule has 5 aromatic rings. The first-order valence-electron chi connectivity index (χ1n) is 9.29. The zero-order valence-corrected chi connectivity index (χ0v) is 15.8. The van der Waals surface area contributed by atoms with Gasteiger partial charge in [-0.05, 0) is 29.8 Å². The van der Waals surface area contributed by atoms with E-state index in [0.29, 0.717) is 22.3 Å². The summed E-state index contributed by atoms with van der Waals surface area (Å²) in [5.41, 5.74) is 15.4. The Labute approximate surface area is 171 Å². The molecule has 1 amide bonds. The van der Waals surface area contributed by atoms with Crippen LogP contribution in [0.2, 0.25) is 0 Å². The van der Waals surface area contributed by atoms with E-state index in [1.165, 1.54) is 6.20 Å². The van der Waals surface area contributed by atoms with Gasteiger partial charge in [0.25, 0.3) is 5.91 Å². The third kappa shape index (κ3) is 2.89. The van der Waals surface area contributed by atoms with E-state index in [2.05, 4.69) is 15.2 Å². The zero-order valence-electron chi connectivity index (χ0n) is 15.8. The van der Waals surface area contributed by atoms with Gasteiger partial charge in [0, 0.05) is 17.1 Å². The predicted octanol–water partition coefficient (Wildman–Crippen LogP) is 4.25. The first-order valence-corrected chi connectivity index (χ1v) is 9.29. The summed E-state index contributed by atoms with van der Waals surface area (Å²) in [5.74, 6) is 0.787. The number of carbonyl (C=O) groups is 1. The van der Waals surface area contributed by atoms with Crippen LogP contribution in [-0.4, -0.2) is 21.1 Å². The van der Waals surface area contributed by atoms with Crippen molar-refractivity contribution in [3.8, 4) is 22.6 Å². The van der Waals surface area contributed by atoms with E-state index in [0.717, 1.165) is 27.8 Å². The molecule has 146 valence electrons. The zero-order chi connectivity index (χ0) is 20.7. The molecule has 0 aliphatic carbocycles. The number of rotatable bonds is 4. The van der Waals surface area contributed by atoms with E-state index >= 15 is 0 Å². The van der Waals surface area contributed by atoms with E-state index in [9.17, 15) is 4.79 Å². The number of nitrogens with one attached hydrogen (secondary N) is 1. The number of para-hydroxylation sites is 2. The fraction of sp³-hybridized carbons (Fsp3) is 0. The molecule has 0 radical (unpaired) electrons. The van der Waals surface area contributed by atoms with Gasteiger partial charge in [-0.3, -0.25) is 14.9 Å². The number of nitrogen functional groups attached to an aromatic ring is 1. The molecule has 7 heteroatoms. The number of amides is 1. The second-order valence-corrected chi connectivity index (χ2v) is 6.87. The van der Waals surface area contributed by atoms with Crippen LogP contribution in [0.5, 0.6) is 11.5 Å². The molecule has 0 unspecified atom stereocenters. The molecule has 0 bridgehead atoms. The van der Waals surface area contributed by atoms with Crippen LogP contribution in [0.25, 0.3) is 32.9 Å². The Morgan fingerprint density at radius 3 is 2.60 bits per heavy atom. The summed E-state index contributed by atoms with van der Waals surface area (Å²) in [4.78, 5) is 16.1. The summed E-state index contributed by atoms with van der Waals surface area (Å²) in [6.07, 6.45) is 3.15. The van der Waals surface area contributed by atoms with Gasteiger partial charge in [0.15, 0.2) is 0 Å². The summed E-state index contributed by atoms with van der Waals surface area (Å²) in [7, 11) is 0. The van der Waals surface area contributed by atoms with Gasteiger partial charge in [-0.25, -0.2) is 0 Å². The second-order valence-electron chi connectivity index (χ2n) is 6.87. The SMILES string of the molecule is NC(=O)c1cnc2c(-c3cc(Oc4ccccc4)c4cn[nH]c4c3)cccc2c1N. The third-order valence-corrected chi connectivity index (χ3v) is 5.01. The topological polar surface area (TPSA) is 120 Å². The van der Waals surface area contributed by atoms with Crippen LogP contribution in [0.1, 0.15) is 10.4 Å². The number of hydrogen-bond donors (Lipinski definition) is 3. The summed E-state index contributed by atoms with van der Waals surface area (Å²) >= 11 is 0. The number of aromatic nitrogens is 3. The molecule has 3 aromatic carbocycles. The quantitative estimate of drug-likeness (QED) is 0.420.